The molecule has 0 aliphatic heterocycles. The number of hydrogen-bond donors (Lipinski definition) is 0. The fourth-order valence-electron chi connectivity index (χ4n) is 2.41. The van der Waals surface area contributed by atoms with Gasteiger partial charge in [-0.05, 0) is 41.9 Å². The number of esters is 2. The molecule has 0 heterocycles. The van der Waals surface area contributed by atoms with Crippen molar-refractivity contribution >= 4 is 19.8 Å². The fraction of sp³-hybridized carbons (Fsp3) is 0.565. The molecule has 8 nitrogen and oxygen atoms in total. The predicted octanol–water partition coefficient (Wildman–Crippen LogP) is -4.18. The van der Waals surface area contributed by atoms with Crippen LogP contribution in [-0.4, -0.2) is 24.8 Å². The topological polar surface area (TPSA) is 125 Å². The van der Waals surface area contributed by atoms with Gasteiger partial charge in [0.05, 0.1) is 7.82 Å². The summed E-state index contributed by atoms with van der Waals surface area (Å²) < 4.78 is 24.4. The Morgan fingerprint density at radius 2 is 1.41 bits per heavy atom. The van der Waals surface area contributed by atoms with Crippen molar-refractivity contribution in [3.05, 3.63) is 0 Å². The van der Waals surface area contributed by atoms with E-state index in [1.807, 2.05) is 11.8 Å². The summed E-state index contributed by atoms with van der Waals surface area (Å²) in [6.45, 7) is 1.34. The zero-order valence-corrected chi connectivity index (χ0v) is 25.0. The standard InChI is InChI=1S/C23H29O8P.2Na/c1-3-5-7-9-11-12-13-15-17-19-22(25)30-23(31-32(26,27)28)20-29-21(24)18-16-14-10-8-6-4-2;;/h2,23H,3,5,7,9,11-13,15,17,19-20H2,1H3,(H2,26,27,28);;/q;2*+1/p-2/t23-;;/m1../s1. The third-order valence-corrected chi connectivity index (χ3v) is 4.32. The molecule has 0 aromatic heterocycles. The normalized spacial score (nSPS) is 10.1. The van der Waals surface area contributed by atoms with Crippen LogP contribution in [0.2, 0.25) is 0 Å². The van der Waals surface area contributed by atoms with E-state index in [0.29, 0.717) is 6.42 Å². The molecule has 1 atom stereocenters. The summed E-state index contributed by atoms with van der Waals surface area (Å²) in [5.74, 6) is 13.2. The zero-order valence-electron chi connectivity index (χ0n) is 20.1. The number of rotatable bonds is 15. The van der Waals surface area contributed by atoms with E-state index in [4.69, 9.17) is 11.2 Å². The molecular weight excluding hydrogens is 481 g/mol. The molecule has 0 aromatic carbocycles. The molecule has 0 saturated carbocycles. The molecule has 0 amide bonds. The Morgan fingerprint density at radius 1 is 0.882 bits per heavy atom. The molecule has 174 valence electrons. The van der Waals surface area contributed by atoms with Crippen LogP contribution in [0, 0.1) is 47.9 Å². The van der Waals surface area contributed by atoms with Gasteiger partial charge in [-0.25, -0.2) is 4.79 Å². The van der Waals surface area contributed by atoms with Crippen molar-refractivity contribution in [2.45, 2.75) is 77.4 Å². The van der Waals surface area contributed by atoms with Crippen molar-refractivity contribution in [1.82, 2.24) is 0 Å². The van der Waals surface area contributed by atoms with Gasteiger partial charge < -0.3 is 28.3 Å². The van der Waals surface area contributed by atoms with Gasteiger partial charge in [0.15, 0.2) is 6.61 Å². The van der Waals surface area contributed by atoms with Gasteiger partial charge in [-0.2, -0.15) is 0 Å². The van der Waals surface area contributed by atoms with Gasteiger partial charge in [0, 0.05) is 12.3 Å². The molecule has 0 unspecified atom stereocenters. The fourth-order valence-corrected chi connectivity index (χ4v) is 2.80. The number of unbranched alkanes of at least 4 members (excludes halogenated alkanes) is 8. The van der Waals surface area contributed by atoms with Crippen LogP contribution in [-0.2, 0) is 28.2 Å². The maximum atomic E-state index is 11.9. The van der Waals surface area contributed by atoms with Crippen LogP contribution in [0.25, 0.3) is 0 Å². The first-order valence-corrected chi connectivity index (χ1v) is 11.8. The molecular formula is C23H27Na2O8P. The van der Waals surface area contributed by atoms with E-state index in [-0.39, 0.29) is 65.5 Å². The molecule has 0 aromatic rings. The van der Waals surface area contributed by atoms with Crippen LogP contribution < -0.4 is 68.9 Å². The van der Waals surface area contributed by atoms with Gasteiger partial charge in [-0.15, -0.1) is 6.42 Å². The van der Waals surface area contributed by atoms with Crippen LogP contribution in [0.1, 0.15) is 71.1 Å². The van der Waals surface area contributed by atoms with E-state index in [1.54, 1.807) is 0 Å². The third-order valence-electron chi connectivity index (χ3n) is 3.83. The number of phosphoric acid groups is 1. The number of ether oxygens (including phenoxy) is 2. The van der Waals surface area contributed by atoms with Crippen molar-refractivity contribution in [1.29, 1.82) is 0 Å². The number of terminal acetylenes is 1. The van der Waals surface area contributed by atoms with Crippen molar-refractivity contribution in [3.8, 4) is 47.9 Å². The number of carbonyl (C=O) groups is 2. The summed E-state index contributed by atoms with van der Waals surface area (Å²) in [6, 6.07) is 0. The second kappa shape index (κ2) is 25.4. The Balaban J connectivity index is -0.00000480. The molecule has 0 rings (SSSR count). The average molecular weight is 508 g/mol. The van der Waals surface area contributed by atoms with Gasteiger partial charge in [0.1, 0.15) is 0 Å². The molecule has 0 radical (unpaired) electrons. The Morgan fingerprint density at radius 3 is 1.97 bits per heavy atom. The molecule has 0 fully saturated rings. The van der Waals surface area contributed by atoms with Crippen LogP contribution in [0.3, 0.4) is 0 Å². The van der Waals surface area contributed by atoms with E-state index >= 15 is 0 Å². The quantitative estimate of drug-likeness (QED) is 0.0415. The van der Waals surface area contributed by atoms with Gasteiger partial charge in [0.2, 0.25) is 6.29 Å². The van der Waals surface area contributed by atoms with Gasteiger partial charge >= 0.3 is 71.1 Å². The smallest absolute Gasteiger partial charge is 0.790 e. The maximum absolute atomic E-state index is 11.9. The minimum atomic E-state index is -5.49. The molecule has 0 saturated heterocycles. The van der Waals surface area contributed by atoms with E-state index in [2.05, 4.69) is 45.8 Å². The van der Waals surface area contributed by atoms with Gasteiger partial charge in [-0.3, -0.25) is 4.79 Å². The maximum Gasteiger partial charge on any atom is 1.00 e. The largest absolute Gasteiger partial charge is 1.00 e. The van der Waals surface area contributed by atoms with E-state index < -0.39 is 32.7 Å². The monoisotopic (exact) mass is 508 g/mol. The Labute approximate surface area is 246 Å². The summed E-state index contributed by atoms with van der Waals surface area (Å²) in [6.07, 6.45) is 12.5. The summed E-state index contributed by atoms with van der Waals surface area (Å²) in [4.78, 5) is 45.0. The molecule has 0 spiro atoms. The van der Waals surface area contributed by atoms with Crippen LogP contribution in [0.4, 0.5) is 0 Å². The number of phosphoric ester groups is 1. The SMILES string of the molecule is C#CC#CC#CC#CC(=O)OC[C@H](OC(=O)CCCCCCCCCCC)OP(=O)([O-])[O-].[Na+].[Na+]. The second-order valence-corrected chi connectivity index (χ2v) is 7.65. The number of hydrogen-bond acceptors (Lipinski definition) is 8. The zero-order chi connectivity index (χ0) is 24.1. The molecule has 0 aliphatic carbocycles. The van der Waals surface area contributed by atoms with Crippen molar-refractivity contribution < 1.29 is 97.1 Å². The number of carbonyl (C=O) groups excluding carboxylic acids is 2. The minimum absolute atomic E-state index is 0. The van der Waals surface area contributed by atoms with E-state index in [1.165, 1.54) is 25.7 Å². The summed E-state index contributed by atoms with van der Waals surface area (Å²) in [5, 5.41) is 0. The average Bonchev–Trinajstić information content (AvgIpc) is 2.72. The summed E-state index contributed by atoms with van der Waals surface area (Å²) in [7, 11) is -5.49. The molecule has 0 bridgehead atoms. The first kappa shape index (κ1) is 37.8. The van der Waals surface area contributed by atoms with E-state index in [9.17, 15) is 23.9 Å². The van der Waals surface area contributed by atoms with Gasteiger partial charge in [0.25, 0.3) is 0 Å². The Hall–Kier alpha value is -0.710. The van der Waals surface area contributed by atoms with Crippen LogP contribution in [0.5, 0.6) is 0 Å². The molecule has 0 N–H and O–H groups in total. The van der Waals surface area contributed by atoms with Crippen LogP contribution >= 0.6 is 7.82 Å². The van der Waals surface area contributed by atoms with Crippen molar-refractivity contribution in [3.63, 3.8) is 0 Å². The Kier molecular flexibility index (Phi) is 28.2. The summed E-state index contributed by atoms with van der Waals surface area (Å²) >= 11 is 0. The first-order chi connectivity index (χ1) is 15.3. The van der Waals surface area contributed by atoms with Crippen molar-refractivity contribution in [2.24, 2.45) is 0 Å². The third kappa shape index (κ3) is 27.5. The molecule has 0 aliphatic rings. The van der Waals surface area contributed by atoms with Crippen molar-refractivity contribution in [2.75, 3.05) is 6.61 Å². The minimum Gasteiger partial charge on any atom is -0.790 e. The second-order valence-electron chi connectivity index (χ2n) is 6.54. The van der Waals surface area contributed by atoms with Crippen LogP contribution in [0.15, 0.2) is 0 Å². The van der Waals surface area contributed by atoms with E-state index in [0.717, 1.165) is 25.7 Å². The first-order valence-electron chi connectivity index (χ1n) is 10.3. The predicted molar refractivity (Wildman–Crippen MR) is 114 cm³/mol. The summed E-state index contributed by atoms with van der Waals surface area (Å²) in [5.41, 5.74) is 0. The van der Waals surface area contributed by atoms with Gasteiger partial charge in [-0.1, -0.05) is 58.3 Å². The molecule has 11 heteroatoms. The molecule has 34 heavy (non-hydrogen) atoms. The Bertz CT molecular complexity index is 859.